The minimum atomic E-state index is 0.401. The summed E-state index contributed by atoms with van der Waals surface area (Å²) in [5.41, 5.74) is 8.00. The lowest BCUT2D eigenvalue weighted by Crippen LogP contribution is -1.96. The Morgan fingerprint density at radius 2 is 1.56 bits per heavy atom. The SMILES string of the molecule is NCc1ccc(-c2cc(Cl)cc(Cl)c2Cl)c(Cl)c1. The van der Waals surface area contributed by atoms with Crippen LogP contribution in [0.1, 0.15) is 5.56 Å². The highest BCUT2D eigenvalue weighted by atomic mass is 35.5. The molecule has 0 aliphatic rings. The minimum Gasteiger partial charge on any atom is -0.326 e. The molecular weight excluding hydrogens is 312 g/mol. The highest BCUT2D eigenvalue weighted by Crippen LogP contribution is 2.39. The molecule has 0 heterocycles. The van der Waals surface area contributed by atoms with Gasteiger partial charge in [0.25, 0.3) is 0 Å². The predicted octanol–water partition coefficient (Wildman–Crippen LogP) is 5.43. The van der Waals surface area contributed by atoms with Gasteiger partial charge in [-0.3, -0.25) is 0 Å². The van der Waals surface area contributed by atoms with E-state index in [2.05, 4.69) is 0 Å². The molecule has 2 rings (SSSR count). The molecule has 2 aromatic carbocycles. The van der Waals surface area contributed by atoms with E-state index in [0.29, 0.717) is 32.2 Å². The summed E-state index contributed by atoms with van der Waals surface area (Å²) in [6.07, 6.45) is 0. The largest absolute Gasteiger partial charge is 0.326 e. The lowest BCUT2D eigenvalue weighted by molar-refractivity contribution is 1.07. The molecule has 2 N–H and O–H groups in total. The van der Waals surface area contributed by atoms with Gasteiger partial charge in [-0.25, -0.2) is 0 Å². The van der Waals surface area contributed by atoms with E-state index in [-0.39, 0.29) is 0 Å². The molecule has 0 fully saturated rings. The van der Waals surface area contributed by atoms with Crippen LogP contribution in [0.15, 0.2) is 30.3 Å². The van der Waals surface area contributed by atoms with Crippen LogP contribution in [0, 0.1) is 0 Å². The first-order chi connectivity index (χ1) is 8.52. The van der Waals surface area contributed by atoms with Crippen LogP contribution in [-0.2, 0) is 6.54 Å². The van der Waals surface area contributed by atoms with Crippen molar-refractivity contribution in [3.63, 3.8) is 0 Å². The molecule has 0 saturated carbocycles. The molecule has 0 radical (unpaired) electrons. The van der Waals surface area contributed by atoms with Gasteiger partial charge in [-0.2, -0.15) is 0 Å². The van der Waals surface area contributed by atoms with Crippen molar-refractivity contribution in [1.29, 1.82) is 0 Å². The van der Waals surface area contributed by atoms with Crippen molar-refractivity contribution in [3.05, 3.63) is 56.0 Å². The molecule has 94 valence electrons. The second kappa shape index (κ2) is 5.68. The Kier molecular flexibility index (Phi) is 4.41. The summed E-state index contributed by atoms with van der Waals surface area (Å²) in [6.45, 7) is 0.435. The first-order valence-corrected chi connectivity index (χ1v) is 6.67. The lowest BCUT2D eigenvalue weighted by atomic mass is 10.0. The summed E-state index contributed by atoms with van der Waals surface area (Å²) >= 11 is 24.4. The number of hydrogen-bond acceptors (Lipinski definition) is 1. The zero-order valence-electron chi connectivity index (χ0n) is 9.18. The van der Waals surface area contributed by atoms with E-state index >= 15 is 0 Å². The predicted molar refractivity (Wildman–Crippen MR) is 79.8 cm³/mol. The molecule has 0 spiro atoms. The fraction of sp³-hybridized carbons (Fsp3) is 0.0769. The maximum atomic E-state index is 6.22. The molecule has 0 bridgehead atoms. The van der Waals surface area contributed by atoms with Gasteiger partial charge in [0.2, 0.25) is 0 Å². The van der Waals surface area contributed by atoms with Crippen molar-refractivity contribution >= 4 is 46.4 Å². The van der Waals surface area contributed by atoms with Crippen molar-refractivity contribution in [2.45, 2.75) is 6.54 Å². The van der Waals surface area contributed by atoms with Gasteiger partial charge in [-0.1, -0.05) is 58.5 Å². The monoisotopic (exact) mass is 319 g/mol. The third-order valence-corrected chi connectivity index (χ3v) is 3.89. The molecule has 0 saturated heterocycles. The number of benzene rings is 2. The number of halogens is 4. The van der Waals surface area contributed by atoms with Crippen molar-refractivity contribution in [3.8, 4) is 11.1 Å². The standard InChI is InChI=1S/C13H9Cl4N/c14-8-4-10(13(17)12(16)5-8)9-2-1-7(6-18)3-11(9)15/h1-5H,6,18H2. The van der Waals surface area contributed by atoms with E-state index in [1.54, 1.807) is 12.1 Å². The summed E-state index contributed by atoms with van der Waals surface area (Å²) in [4.78, 5) is 0. The Bertz CT molecular complexity index is 596. The average molecular weight is 321 g/mol. The molecule has 0 aromatic heterocycles. The van der Waals surface area contributed by atoms with Crippen molar-refractivity contribution in [2.24, 2.45) is 5.73 Å². The van der Waals surface area contributed by atoms with Gasteiger partial charge in [-0.15, -0.1) is 0 Å². The van der Waals surface area contributed by atoms with Crippen LogP contribution in [0.3, 0.4) is 0 Å². The Morgan fingerprint density at radius 1 is 0.833 bits per heavy atom. The van der Waals surface area contributed by atoms with E-state index in [9.17, 15) is 0 Å². The van der Waals surface area contributed by atoms with Gasteiger partial charge < -0.3 is 5.73 Å². The zero-order chi connectivity index (χ0) is 13.3. The summed E-state index contributed by atoms with van der Waals surface area (Å²) in [6, 6.07) is 8.89. The van der Waals surface area contributed by atoms with Crippen molar-refractivity contribution in [2.75, 3.05) is 0 Å². The van der Waals surface area contributed by atoms with Crippen LogP contribution in [0.4, 0.5) is 0 Å². The van der Waals surface area contributed by atoms with Crippen molar-refractivity contribution in [1.82, 2.24) is 0 Å². The Labute approximate surface area is 125 Å². The molecule has 2 aromatic rings. The first-order valence-electron chi connectivity index (χ1n) is 5.16. The normalized spacial score (nSPS) is 10.7. The van der Waals surface area contributed by atoms with Crippen LogP contribution >= 0.6 is 46.4 Å². The van der Waals surface area contributed by atoms with Crippen LogP contribution in [-0.4, -0.2) is 0 Å². The van der Waals surface area contributed by atoms with Gasteiger partial charge in [0.05, 0.1) is 10.0 Å². The van der Waals surface area contributed by atoms with Crippen LogP contribution < -0.4 is 5.73 Å². The molecular formula is C13H9Cl4N. The van der Waals surface area contributed by atoms with Crippen LogP contribution in [0.2, 0.25) is 20.1 Å². The van der Waals surface area contributed by atoms with E-state index in [4.69, 9.17) is 52.1 Å². The van der Waals surface area contributed by atoms with Crippen molar-refractivity contribution < 1.29 is 0 Å². The van der Waals surface area contributed by atoms with Gasteiger partial charge in [0, 0.05) is 27.7 Å². The lowest BCUT2D eigenvalue weighted by Gasteiger charge is -2.10. The third kappa shape index (κ3) is 2.76. The van der Waals surface area contributed by atoms with Crippen LogP contribution in [0.25, 0.3) is 11.1 Å². The second-order valence-corrected chi connectivity index (χ2v) is 5.40. The maximum Gasteiger partial charge on any atom is 0.0672 e. The maximum absolute atomic E-state index is 6.22. The van der Waals surface area contributed by atoms with E-state index in [1.807, 2.05) is 18.2 Å². The number of rotatable bonds is 2. The highest BCUT2D eigenvalue weighted by Gasteiger charge is 2.12. The van der Waals surface area contributed by atoms with Gasteiger partial charge in [0.15, 0.2) is 0 Å². The van der Waals surface area contributed by atoms with E-state index in [1.165, 1.54) is 0 Å². The van der Waals surface area contributed by atoms with Crippen LogP contribution in [0.5, 0.6) is 0 Å². The molecule has 0 unspecified atom stereocenters. The average Bonchev–Trinajstić information content (AvgIpc) is 2.34. The van der Waals surface area contributed by atoms with Gasteiger partial charge >= 0.3 is 0 Å². The fourth-order valence-electron chi connectivity index (χ4n) is 1.66. The zero-order valence-corrected chi connectivity index (χ0v) is 12.2. The number of nitrogens with two attached hydrogens (primary N) is 1. The number of hydrogen-bond donors (Lipinski definition) is 1. The molecule has 0 amide bonds. The fourth-order valence-corrected chi connectivity index (χ4v) is 2.67. The quantitative estimate of drug-likeness (QED) is 0.734. The third-order valence-electron chi connectivity index (χ3n) is 2.55. The minimum absolute atomic E-state index is 0.401. The summed E-state index contributed by atoms with van der Waals surface area (Å²) < 4.78 is 0. The second-order valence-electron chi connectivity index (χ2n) is 3.77. The Balaban J connectivity index is 2.62. The highest BCUT2D eigenvalue weighted by molar-refractivity contribution is 6.45. The molecule has 18 heavy (non-hydrogen) atoms. The molecule has 0 aliphatic heterocycles. The molecule has 1 nitrogen and oxygen atoms in total. The van der Waals surface area contributed by atoms with Gasteiger partial charge in [-0.05, 0) is 23.8 Å². The molecule has 5 heteroatoms. The molecule has 0 atom stereocenters. The summed E-state index contributed by atoms with van der Waals surface area (Å²) in [5.74, 6) is 0. The summed E-state index contributed by atoms with van der Waals surface area (Å²) in [5, 5.41) is 1.91. The van der Waals surface area contributed by atoms with Gasteiger partial charge in [0.1, 0.15) is 0 Å². The Morgan fingerprint density at radius 3 is 2.17 bits per heavy atom. The topological polar surface area (TPSA) is 26.0 Å². The van der Waals surface area contributed by atoms with E-state index in [0.717, 1.165) is 11.1 Å². The molecule has 0 aliphatic carbocycles. The van der Waals surface area contributed by atoms with E-state index < -0.39 is 0 Å². The smallest absolute Gasteiger partial charge is 0.0672 e. The Hall–Kier alpha value is -0.440. The summed E-state index contributed by atoms with van der Waals surface area (Å²) in [7, 11) is 0. The first kappa shape index (κ1) is 14.0.